The highest BCUT2D eigenvalue weighted by Crippen LogP contribution is 2.34. The van der Waals surface area contributed by atoms with Crippen LogP contribution in [0.15, 0.2) is 16.5 Å². The molecule has 2 rings (SSSR count). The first-order chi connectivity index (χ1) is 6.27. The summed E-state index contributed by atoms with van der Waals surface area (Å²) in [5, 5.41) is 0. The molecule has 1 aliphatic rings. The molecule has 0 spiro atoms. The van der Waals surface area contributed by atoms with Crippen LogP contribution < -0.4 is 5.73 Å². The Morgan fingerprint density at radius 2 is 2.08 bits per heavy atom. The second kappa shape index (κ2) is 3.54. The molecule has 0 unspecified atom stereocenters. The summed E-state index contributed by atoms with van der Waals surface area (Å²) in [7, 11) is 0. The molecule has 1 heterocycles. The van der Waals surface area contributed by atoms with Gasteiger partial charge in [0.15, 0.2) is 0 Å². The van der Waals surface area contributed by atoms with Gasteiger partial charge in [0.1, 0.15) is 11.5 Å². The second-order valence-electron chi connectivity index (χ2n) is 4.02. The molecular weight excluding hydrogens is 162 g/mol. The lowest BCUT2D eigenvalue weighted by molar-refractivity contribution is 0.361. The van der Waals surface area contributed by atoms with Gasteiger partial charge in [0, 0.05) is 0 Å². The maximum Gasteiger partial charge on any atom is 0.121 e. The Hall–Kier alpha value is -0.760. The molecular formula is C11H17NO. The number of furan rings is 1. The van der Waals surface area contributed by atoms with Crippen molar-refractivity contribution in [2.75, 3.05) is 0 Å². The average Bonchev–Trinajstić information content (AvgIpc) is 2.72. The van der Waals surface area contributed by atoms with E-state index in [4.69, 9.17) is 10.2 Å². The molecule has 2 heteroatoms. The van der Waals surface area contributed by atoms with Crippen molar-refractivity contribution in [2.45, 2.75) is 38.6 Å². The Labute approximate surface area is 79.1 Å². The minimum atomic E-state index is 0.121. The van der Waals surface area contributed by atoms with Crippen molar-refractivity contribution in [3.63, 3.8) is 0 Å². The predicted octanol–water partition coefficient (Wildman–Crippen LogP) is 2.78. The van der Waals surface area contributed by atoms with Crippen LogP contribution in [0.4, 0.5) is 0 Å². The lowest BCUT2D eigenvalue weighted by atomic mass is 9.97. The van der Waals surface area contributed by atoms with Gasteiger partial charge in [-0.1, -0.05) is 12.8 Å². The quantitative estimate of drug-likeness (QED) is 0.758. The fourth-order valence-electron chi connectivity index (χ4n) is 2.18. The number of nitrogens with two attached hydrogens (primary N) is 1. The predicted molar refractivity (Wildman–Crippen MR) is 52.3 cm³/mol. The smallest absolute Gasteiger partial charge is 0.121 e. The molecule has 2 nitrogen and oxygen atoms in total. The summed E-state index contributed by atoms with van der Waals surface area (Å²) in [6, 6.07) is 4.12. The van der Waals surface area contributed by atoms with Crippen molar-refractivity contribution >= 4 is 0 Å². The molecule has 0 radical (unpaired) electrons. The summed E-state index contributed by atoms with van der Waals surface area (Å²) >= 11 is 0. The van der Waals surface area contributed by atoms with Crippen molar-refractivity contribution in [3.05, 3.63) is 23.7 Å². The van der Waals surface area contributed by atoms with Crippen LogP contribution >= 0.6 is 0 Å². The van der Waals surface area contributed by atoms with Crippen LogP contribution in [-0.4, -0.2) is 0 Å². The Balaban J connectivity index is 2.07. The largest absolute Gasteiger partial charge is 0.465 e. The Bertz CT molecular complexity index is 273. The van der Waals surface area contributed by atoms with E-state index in [1.165, 1.54) is 25.7 Å². The van der Waals surface area contributed by atoms with Gasteiger partial charge in [0.25, 0.3) is 0 Å². The van der Waals surface area contributed by atoms with E-state index in [2.05, 4.69) is 0 Å². The van der Waals surface area contributed by atoms with Crippen LogP contribution in [0.5, 0.6) is 0 Å². The van der Waals surface area contributed by atoms with E-state index in [-0.39, 0.29) is 6.04 Å². The molecule has 1 fully saturated rings. The Morgan fingerprint density at radius 1 is 1.38 bits per heavy atom. The lowest BCUT2D eigenvalue weighted by Gasteiger charge is -2.15. The molecule has 13 heavy (non-hydrogen) atoms. The van der Waals surface area contributed by atoms with Gasteiger partial charge >= 0.3 is 0 Å². The van der Waals surface area contributed by atoms with Crippen LogP contribution in [0.1, 0.15) is 43.2 Å². The number of hydrogen-bond donors (Lipinski definition) is 1. The molecule has 1 saturated carbocycles. The highest BCUT2D eigenvalue weighted by atomic mass is 16.3. The molecule has 0 aliphatic heterocycles. The van der Waals surface area contributed by atoms with Gasteiger partial charge in [-0.3, -0.25) is 0 Å². The highest BCUT2D eigenvalue weighted by molar-refractivity contribution is 5.10. The van der Waals surface area contributed by atoms with Crippen molar-refractivity contribution in [1.82, 2.24) is 0 Å². The van der Waals surface area contributed by atoms with Gasteiger partial charge in [0.05, 0.1) is 6.04 Å². The first-order valence-corrected chi connectivity index (χ1v) is 5.09. The van der Waals surface area contributed by atoms with E-state index in [9.17, 15) is 0 Å². The van der Waals surface area contributed by atoms with Gasteiger partial charge in [-0.2, -0.15) is 0 Å². The van der Waals surface area contributed by atoms with E-state index in [0.29, 0.717) is 5.92 Å². The molecule has 0 bridgehead atoms. The molecule has 1 aromatic heterocycles. The molecule has 72 valence electrons. The maximum atomic E-state index is 6.12. The van der Waals surface area contributed by atoms with Crippen molar-refractivity contribution in [1.29, 1.82) is 0 Å². The molecule has 2 N–H and O–H groups in total. The Kier molecular flexibility index (Phi) is 2.40. The first-order valence-electron chi connectivity index (χ1n) is 5.09. The van der Waals surface area contributed by atoms with Gasteiger partial charge in [-0.05, 0) is 37.8 Å². The SMILES string of the molecule is Cc1ccc([C@H](N)C2CCCC2)o1. The lowest BCUT2D eigenvalue weighted by Crippen LogP contribution is -2.18. The summed E-state index contributed by atoms with van der Waals surface area (Å²) in [6.45, 7) is 1.96. The molecule has 0 amide bonds. The third-order valence-corrected chi connectivity index (χ3v) is 3.00. The van der Waals surface area contributed by atoms with Crippen LogP contribution in [0.25, 0.3) is 0 Å². The monoisotopic (exact) mass is 179 g/mol. The number of hydrogen-bond acceptors (Lipinski definition) is 2. The normalized spacial score (nSPS) is 20.8. The summed E-state index contributed by atoms with van der Waals surface area (Å²) in [6.07, 6.45) is 5.19. The summed E-state index contributed by atoms with van der Waals surface area (Å²) in [5.41, 5.74) is 6.12. The standard InChI is InChI=1S/C11H17NO/c1-8-6-7-10(13-8)11(12)9-4-2-3-5-9/h6-7,9,11H,2-5,12H2,1H3/t11-/m1/s1. The third-order valence-electron chi connectivity index (χ3n) is 3.00. The molecule has 1 aromatic rings. The topological polar surface area (TPSA) is 39.2 Å². The summed E-state index contributed by atoms with van der Waals surface area (Å²) in [4.78, 5) is 0. The van der Waals surface area contributed by atoms with Gasteiger partial charge < -0.3 is 10.2 Å². The van der Waals surface area contributed by atoms with Crippen LogP contribution in [-0.2, 0) is 0 Å². The number of aryl methyl sites for hydroxylation is 1. The zero-order chi connectivity index (χ0) is 9.26. The van der Waals surface area contributed by atoms with Crippen molar-refractivity contribution in [2.24, 2.45) is 11.7 Å². The van der Waals surface area contributed by atoms with E-state index < -0.39 is 0 Å². The average molecular weight is 179 g/mol. The first kappa shape index (κ1) is 8.82. The van der Waals surface area contributed by atoms with E-state index in [1.54, 1.807) is 0 Å². The highest BCUT2D eigenvalue weighted by Gasteiger charge is 2.24. The Morgan fingerprint density at radius 3 is 2.62 bits per heavy atom. The van der Waals surface area contributed by atoms with Crippen LogP contribution in [0.3, 0.4) is 0 Å². The van der Waals surface area contributed by atoms with Gasteiger partial charge in [-0.25, -0.2) is 0 Å². The van der Waals surface area contributed by atoms with E-state index in [1.807, 2.05) is 19.1 Å². The van der Waals surface area contributed by atoms with E-state index >= 15 is 0 Å². The third kappa shape index (κ3) is 1.78. The second-order valence-corrected chi connectivity index (χ2v) is 4.02. The minimum Gasteiger partial charge on any atom is -0.465 e. The summed E-state index contributed by atoms with van der Waals surface area (Å²) < 4.78 is 5.53. The fraction of sp³-hybridized carbons (Fsp3) is 0.636. The van der Waals surface area contributed by atoms with E-state index in [0.717, 1.165) is 11.5 Å². The number of rotatable bonds is 2. The molecule has 1 atom stereocenters. The maximum absolute atomic E-state index is 6.12. The minimum absolute atomic E-state index is 0.121. The van der Waals surface area contributed by atoms with Crippen molar-refractivity contribution < 1.29 is 4.42 Å². The van der Waals surface area contributed by atoms with Gasteiger partial charge in [0.2, 0.25) is 0 Å². The molecule has 0 aromatic carbocycles. The molecule has 0 saturated heterocycles. The fourth-order valence-corrected chi connectivity index (χ4v) is 2.18. The zero-order valence-corrected chi connectivity index (χ0v) is 8.12. The zero-order valence-electron chi connectivity index (χ0n) is 8.12. The van der Waals surface area contributed by atoms with Gasteiger partial charge in [-0.15, -0.1) is 0 Å². The molecule has 1 aliphatic carbocycles. The van der Waals surface area contributed by atoms with Crippen LogP contribution in [0.2, 0.25) is 0 Å². The van der Waals surface area contributed by atoms with Crippen molar-refractivity contribution in [3.8, 4) is 0 Å². The summed E-state index contributed by atoms with van der Waals surface area (Å²) in [5.74, 6) is 2.57. The van der Waals surface area contributed by atoms with Crippen LogP contribution in [0, 0.1) is 12.8 Å².